The number of nitrogens with one attached hydrogen (secondary N) is 1. The Balaban J connectivity index is 2.94. The van der Waals surface area contributed by atoms with Crippen molar-refractivity contribution in [3.63, 3.8) is 0 Å². The lowest BCUT2D eigenvalue weighted by Crippen LogP contribution is -2.28. The molecule has 0 bridgehead atoms. The maximum Gasteiger partial charge on any atom is 0.406 e. The molecule has 0 saturated heterocycles. The van der Waals surface area contributed by atoms with Gasteiger partial charge in [0.1, 0.15) is 12.4 Å². The molecule has 0 spiro atoms. The van der Waals surface area contributed by atoms with E-state index >= 15 is 0 Å². The van der Waals surface area contributed by atoms with Crippen LogP contribution >= 0.6 is 0 Å². The minimum atomic E-state index is -4.43. The molecular weight excluding hydrogens is 201 g/mol. The first-order valence-electron chi connectivity index (χ1n) is 3.85. The van der Waals surface area contributed by atoms with E-state index in [1.54, 1.807) is 0 Å². The van der Waals surface area contributed by atoms with Gasteiger partial charge in [-0.3, -0.25) is 4.57 Å². The van der Waals surface area contributed by atoms with Crippen molar-refractivity contribution in [1.29, 1.82) is 0 Å². The number of halogens is 3. The molecule has 5 nitrogen and oxygen atoms in total. The van der Waals surface area contributed by atoms with Gasteiger partial charge in [0.25, 0.3) is 0 Å². The van der Waals surface area contributed by atoms with Crippen molar-refractivity contribution in [2.24, 2.45) is 5.73 Å². The predicted molar refractivity (Wildman–Crippen MR) is 41.7 cm³/mol. The van der Waals surface area contributed by atoms with E-state index in [1.165, 1.54) is 0 Å². The molecule has 0 aliphatic heterocycles. The third-order valence-corrected chi connectivity index (χ3v) is 1.54. The maximum absolute atomic E-state index is 12.0. The smallest absolute Gasteiger partial charge is 0.330 e. The Morgan fingerprint density at radius 3 is 2.64 bits per heavy atom. The Morgan fingerprint density at radius 1 is 1.50 bits per heavy atom. The topological polar surface area (TPSA) is 76.7 Å². The fraction of sp³-hybridized carbons (Fsp3) is 0.667. The van der Waals surface area contributed by atoms with Crippen LogP contribution in [0.4, 0.5) is 13.2 Å². The normalized spacial score (nSPS) is 12.0. The minimum Gasteiger partial charge on any atom is -0.330 e. The van der Waals surface area contributed by atoms with Crippen LogP contribution in [0.3, 0.4) is 0 Å². The van der Waals surface area contributed by atoms with Gasteiger partial charge in [0.05, 0.1) is 0 Å². The average Bonchev–Trinajstić information content (AvgIpc) is 2.34. The molecule has 0 fully saturated rings. The molecule has 0 aromatic carbocycles. The molecule has 1 aromatic rings. The molecule has 80 valence electrons. The standard InChI is InChI=1S/C6H9F3N4O/c7-6(8,9)3-13-4(1-2-10)11-12-5(13)14/h1-3,10H2,(H,12,14). The van der Waals surface area contributed by atoms with E-state index < -0.39 is 18.4 Å². The van der Waals surface area contributed by atoms with Crippen LogP contribution in [0.15, 0.2) is 4.79 Å². The monoisotopic (exact) mass is 210 g/mol. The van der Waals surface area contributed by atoms with Crippen molar-refractivity contribution in [3.8, 4) is 0 Å². The summed E-state index contributed by atoms with van der Waals surface area (Å²) >= 11 is 0. The molecular formula is C6H9F3N4O. The van der Waals surface area contributed by atoms with Crippen molar-refractivity contribution in [2.75, 3.05) is 6.54 Å². The first-order valence-corrected chi connectivity index (χ1v) is 3.85. The third-order valence-electron chi connectivity index (χ3n) is 1.54. The zero-order valence-corrected chi connectivity index (χ0v) is 7.14. The van der Waals surface area contributed by atoms with Gasteiger partial charge in [0.15, 0.2) is 0 Å². The summed E-state index contributed by atoms with van der Waals surface area (Å²) in [7, 11) is 0. The molecule has 0 aliphatic carbocycles. The lowest BCUT2D eigenvalue weighted by Gasteiger charge is -2.07. The largest absolute Gasteiger partial charge is 0.406 e. The molecule has 1 rings (SSSR count). The van der Waals surface area contributed by atoms with Gasteiger partial charge in [0.2, 0.25) is 0 Å². The fourth-order valence-corrected chi connectivity index (χ4v) is 1.01. The summed E-state index contributed by atoms with van der Waals surface area (Å²) in [6.07, 6.45) is -4.30. The van der Waals surface area contributed by atoms with Crippen molar-refractivity contribution in [2.45, 2.75) is 19.1 Å². The van der Waals surface area contributed by atoms with Crippen molar-refractivity contribution in [3.05, 3.63) is 16.3 Å². The summed E-state index contributed by atoms with van der Waals surface area (Å²) in [6.45, 7) is -1.19. The molecule has 1 aromatic heterocycles. The number of nitrogens with zero attached hydrogens (tertiary/aromatic N) is 2. The lowest BCUT2D eigenvalue weighted by molar-refractivity contribution is -0.141. The predicted octanol–water partition coefficient (Wildman–Crippen LogP) is -0.365. The number of aromatic nitrogens is 3. The van der Waals surface area contributed by atoms with Gasteiger partial charge in [-0.1, -0.05) is 0 Å². The first kappa shape index (κ1) is 10.8. The number of aromatic amines is 1. The van der Waals surface area contributed by atoms with Crippen LogP contribution in [-0.2, 0) is 13.0 Å². The quantitative estimate of drug-likeness (QED) is 0.714. The van der Waals surface area contributed by atoms with E-state index in [-0.39, 0.29) is 18.8 Å². The highest BCUT2D eigenvalue weighted by molar-refractivity contribution is 4.87. The van der Waals surface area contributed by atoms with E-state index in [0.29, 0.717) is 4.57 Å². The van der Waals surface area contributed by atoms with Crippen LogP contribution < -0.4 is 11.4 Å². The van der Waals surface area contributed by atoms with Crippen LogP contribution in [0.2, 0.25) is 0 Å². The molecule has 0 unspecified atom stereocenters. The Labute approximate surface area is 76.7 Å². The van der Waals surface area contributed by atoms with E-state index in [2.05, 4.69) is 5.10 Å². The van der Waals surface area contributed by atoms with E-state index in [9.17, 15) is 18.0 Å². The van der Waals surface area contributed by atoms with E-state index in [1.807, 2.05) is 5.10 Å². The Morgan fingerprint density at radius 2 is 2.14 bits per heavy atom. The Kier molecular flexibility index (Phi) is 2.94. The zero-order chi connectivity index (χ0) is 10.8. The second kappa shape index (κ2) is 3.82. The summed E-state index contributed by atoms with van der Waals surface area (Å²) in [6, 6.07) is 0. The van der Waals surface area contributed by atoms with E-state index in [0.717, 1.165) is 0 Å². The summed E-state index contributed by atoms with van der Waals surface area (Å²) in [5.41, 5.74) is 4.28. The molecule has 0 radical (unpaired) electrons. The SMILES string of the molecule is NCCc1n[nH]c(=O)n1CC(F)(F)F. The van der Waals surface area contributed by atoms with Gasteiger partial charge in [-0.25, -0.2) is 9.89 Å². The van der Waals surface area contributed by atoms with Crippen LogP contribution in [0.25, 0.3) is 0 Å². The summed E-state index contributed by atoms with van der Waals surface area (Å²) < 4.78 is 36.5. The number of H-pyrrole nitrogens is 1. The summed E-state index contributed by atoms with van der Waals surface area (Å²) in [4.78, 5) is 10.9. The Hall–Kier alpha value is -1.31. The van der Waals surface area contributed by atoms with Crippen molar-refractivity contribution in [1.82, 2.24) is 14.8 Å². The minimum absolute atomic E-state index is 0.0230. The zero-order valence-electron chi connectivity index (χ0n) is 7.14. The molecule has 8 heteroatoms. The number of hydrogen-bond acceptors (Lipinski definition) is 3. The van der Waals surface area contributed by atoms with Crippen LogP contribution in [0, 0.1) is 0 Å². The van der Waals surface area contributed by atoms with Crippen LogP contribution in [0.5, 0.6) is 0 Å². The highest BCUT2D eigenvalue weighted by Crippen LogP contribution is 2.16. The number of rotatable bonds is 3. The van der Waals surface area contributed by atoms with Gasteiger partial charge in [-0.15, -0.1) is 0 Å². The molecule has 0 aliphatic rings. The van der Waals surface area contributed by atoms with Gasteiger partial charge in [0, 0.05) is 6.42 Å². The average molecular weight is 210 g/mol. The summed E-state index contributed by atoms with van der Waals surface area (Å²) in [5.74, 6) is 0.0230. The number of alkyl halides is 3. The number of nitrogens with two attached hydrogens (primary N) is 1. The second-order valence-electron chi connectivity index (χ2n) is 2.68. The van der Waals surface area contributed by atoms with Crippen molar-refractivity contribution < 1.29 is 13.2 Å². The molecule has 0 amide bonds. The fourth-order valence-electron chi connectivity index (χ4n) is 1.01. The van der Waals surface area contributed by atoms with Gasteiger partial charge in [-0.05, 0) is 6.54 Å². The first-order chi connectivity index (χ1) is 6.44. The van der Waals surface area contributed by atoms with Gasteiger partial charge in [-0.2, -0.15) is 18.3 Å². The van der Waals surface area contributed by atoms with Crippen LogP contribution in [-0.4, -0.2) is 27.5 Å². The van der Waals surface area contributed by atoms with Crippen LogP contribution in [0.1, 0.15) is 5.82 Å². The molecule has 1 heterocycles. The second-order valence-corrected chi connectivity index (χ2v) is 2.68. The molecule has 0 atom stereocenters. The number of hydrogen-bond donors (Lipinski definition) is 2. The lowest BCUT2D eigenvalue weighted by atomic mass is 10.4. The van der Waals surface area contributed by atoms with E-state index in [4.69, 9.17) is 5.73 Å². The molecule has 3 N–H and O–H groups in total. The highest BCUT2D eigenvalue weighted by Gasteiger charge is 2.30. The molecule has 14 heavy (non-hydrogen) atoms. The molecule has 0 saturated carbocycles. The summed E-state index contributed by atoms with van der Waals surface area (Å²) in [5, 5.41) is 5.38. The highest BCUT2D eigenvalue weighted by atomic mass is 19.4. The third kappa shape index (κ3) is 2.59. The van der Waals surface area contributed by atoms with Gasteiger partial charge >= 0.3 is 11.9 Å². The van der Waals surface area contributed by atoms with Gasteiger partial charge < -0.3 is 5.73 Å². The Bertz CT molecular complexity index is 353. The van der Waals surface area contributed by atoms with Crippen molar-refractivity contribution >= 4 is 0 Å². The maximum atomic E-state index is 12.0.